The Morgan fingerprint density at radius 1 is 1.37 bits per heavy atom. The number of rotatable bonds is 1. The zero-order valence-electron chi connectivity index (χ0n) is 10.1. The molecule has 0 spiro atoms. The molecule has 0 saturated heterocycles. The molecular weight excluding hydrogens is 244 g/mol. The van der Waals surface area contributed by atoms with Crippen molar-refractivity contribution >= 4 is 23.3 Å². The Balaban J connectivity index is 1.79. The zero-order chi connectivity index (χ0) is 13.2. The van der Waals surface area contributed by atoms with Crippen LogP contribution in [0.2, 0.25) is 0 Å². The highest BCUT2D eigenvalue weighted by Crippen LogP contribution is 2.25. The van der Waals surface area contributed by atoms with E-state index >= 15 is 0 Å². The Hall–Kier alpha value is -2.63. The summed E-state index contributed by atoms with van der Waals surface area (Å²) in [6, 6.07) is 5.18. The lowest BCUT2D eigenvalue weighted by atomic mass is 10.0. The van der Waals surface area contributed by atoms with Crippen LogP contribution in [0, 0.1) is 0 Å². The Morgan fingerprint density at radius 3 is 3.05 bits per heavy atom. The summed E-state index contributed by atoms with van der Waals surface area (Å²) in [5.74, 6) is 0.0303. The quantitative estimate of drug-likeness (QED) is 0.817. The maximum atomic E-state index is 11.8. The molecule has 2 N–H and O–H groups in total. The molecule has 2 amide bonds. The van der Waals surface area contributed by atoms with Crippen LogP contribution in [0.25, 0.3) is 0 Å². The van der Waals surface area contributed by atoms with Crippen LogP contribution in [-0.4, -0.2) is 21.5 Å². The second-order valence-electron chi connectivity index (χ2n) is 4.32. The number of amides is 2. The van der Waals surface area contributed by atoms with Gasteiger partial charge in [-0.2, -0.15) is 0 Å². The summed E-state index contributed by atoms with van der Waals surface area (Å²) >= 11 is 0. The van der Waals surface area contributed by atoms with Crippen LogP contribution < -0.4 is 10.6 Å². The van der Waals surface area contributed by atoms with Crippen LogP contribution in [0.3, 0.4) is 0 Å². The molecule has 0 fully saturated rings. The van der Waals surface area contributed by atoms with Crippen LogP contribution in [0.5, 0.6) is 0 Å². The van der Waals surface area contributed by atoms with Crippen molar-refractivity contribution in [2.24, 2.45) is 0 Å². The highest BCUT2D eigenvalue weighted by atomic mass is 16.2. The number of carbonyl (C=O) groups excluding carboxylic acids is 2. The van der Waals surface area contributed by atoms with Crippen molar-refractivity contribution in [2.45, 2.75) is 12.8 Å². The van der Waals surface area contributed by atoms with Gasteiger partial charge in [0.1, 0.15) is 6.33 Å². The highest BCUT2D eigenvalue weighted by molar-refractivity contribution is 5.95. The molecular formula is C13H12N4O2. The third-order valence-electron chi connectivity index (χ3n) is 2.99. The number of nitrogens with zero attached hydrogens (tertiary/aromatic N) is 2. The molecule has 0 saturated carbocycles. The predicted octanol–water partition coefficient (Wildman–Crippen LogP) is 1.85. The van der Waals surface area contributed by atoms with Crippen molar-refractivity contribution in [1.29, 1.82) is 0 Å². The molecule has 1 aromatic carbocycles. The fraction of sp³-hybridized carbons (Fsp3) is 0.154. The average molecular weight is 256 g/mol. The van der Waals surface area contributed by atoms with Crippen molar-refractivity contribution < 1.29 is 9.59 Å². The molecule has 0 unspecified atom stereocenters. The summed E-state index contributed by atoms with van der Waals surface area (Å²) in [4.78, 5) is 26.9. The van der Waals surface area contributed by atoms with Crippen LogP contribution >= 0.6 is 0 Å². The number of hydrogen-bond acceptors (Lipinski definition) is 3. The maximum Gasteiger partial charge on any atom is 0.331 e. The molecule has 2 heterocycles. The average Bonchev–Trinajstić information content (AvgIpc) is 2.93. The minimum absolute atomic E-state index is 0.0303. The molecule has 0 atom stereocenters. The first-order valence-corrected chi connectivity index (χ1v) is 5.94. The van der Waals surface area contributed by atoms with E-state index < -0.39 is 0 Å². The number of benzene rings is 1. The van der Waals surface area contributed by atoms with Gasteiger partial charge in [0.05, 0.1) is 0 Å². The number of nitrogens with one attached hydrogen (secondary N) is 2. The smallest absolute Gasteiger partial charge is 0.326 e. The van der Waals surface area contributed by atoms with Gasteiger partial charge in [-0.3, -0.25) is 9.36 Å². The molecule has 19 heavy (non-hydrogen) atoms. The molecule has 1 aliphatic rings. The van der Waals surface area contributed by atoms with Gasteiger partial charge in [0.2, 0.25) is 5.91 Å². The SMILES string of the molecule is O=C1CCc2cc(NC(=O)n3ccnc3)ccc2N1. The Bertz CT molecular complexity index is 634. The fourth-order valence-electron chi connectivity index (χ4n) is 2.03. The summed E-state index contributed by atoms with van der Waals surface area (Å²) in [7, 11) is 0. The number of carbonyl (C=O) groups is 2. The second kappa shape index (κ2) is 4.56. The largest absolute Gasteiger partial charge is 0.331 e. The van der Waals surface area contributed by atoms with E-state index in [2.05, 4.69) is 15.6 Å². The van der Waals surface area contributed by atoms with Crippen molar-refractivity contribution in [3.05, 3.63) is 42.5 Å². The topological polar surface area (TPSA) is 76.0 Å². The number of imidazole rings is 1. The zero-order valence-corrected chi connectivity index (χ0v) is 10.1. The van der Waals surface area contributed by atoms with Gasteiger partial charge in [0.25, 0.3) is 0 Å². The number of anilines is 2. The van der Waals surface area contributed by atoms with E-state index in [4.69, 9.17) is 0 Å². The highest BCUT2D eigenvalue weighted by Gasteiger charge is 2.15. The lowest BCUT2D eigenvalue weighted by Crippen LogP contribution is -2.20. The van der Waals surface area contributed by atoms with Crippen molar-refractivity contribution in [1.82, 2.24) is 9.55 Å². The molecule has 0 aliphatic carbocycles. The minimum atomic E-state index is -0.266. The first-order chi connectivity index (χ1) is 9.22. The molecule has 96 valence electrons. The number of aromatic nitrogens is 2. The van der Waals surface area contributed by atoms with Crippen molar-refractivity contribution in [2.75, 3.05) is 10.6 Å². The molecule has 1 aliphatic heterocycles. The summed E-state index contributed by atoms with van der Waals surface area (Å²) in [5.41, 5.74) is 2.55. The van der Waals surface area contributed by atoms with Gasteiger partial charge in [-0.15, -0.1) is 0 Å². The van der Waals surface area contributed by atoms with Crippen LogP contribution in [0.15, 0.2) is 36.9 Å². The van der Waals surface area contributed by atoms with E-state index in [0.717, 1.165) is 11.3 Å². The van der Waals surface area contributed by atoms with Gasteiger partial charge >= 0.3 is 6.03 Å². The van der Waals surface area contributed by atoms with Gasteiger partial charge in [0.15, 0.2) is 0 Å². The van der Waals surface area contributed by atoms with Gasteiger partial charge in [-0.25, -0.2) is 9.78 Å². The van der Waals surface area contributed by atoms with E-state index in [1.807, 2.05) is 6.07 Å². The molecule has 0 radical (unpaired) electrons. The van der Waals surface area contributed by atoms with Gasteiger partial charge in [-0.05, 0) is 30.2 Å². The Kier molecular flexibility index (Phi) is 2.75. The summed E-state index contributed by atoms with van der Waals surface area (Å²) in [6.45, 7) is 0. The predicted molar refractivity (Wildman–Crippen MR) is 70.0 cm³/mol. The standard InChI is InChI=1S/C13H12N4O2/c18-12-4-1-9-7-10(2-3-11(9)16-12)15-13(19)17-6-5-14-8-17/h2-3,5-8H,1,4H2,(H,15,19)(H,16,18). The Labute approximate surface area is 109 Å². The molecule has 0 bridgehead atoms. The first-order valence-electron chi connectivity index (χ1n) is 5.94. The van der Waals surface area contributed by atoms with E-state index in [-0.39, 0.29) is 11.9 Å². The number of hydrogen-bond donors (Lipinski definition) is 2. The van der Waals surface area contributed by atoms with Crippen LogP contribution in [0.1, 0.15) is 12.0 Å². The third kappa shape index (κ3) is 2.33. The number of aryl methyl sites for hydroxylation is 1. The molecule has 6 heteroatoms. The van der Waals surface area contributed by atoms with E-state index in [1.54, 1.807) is 24.5 Å². The summed E-state index contributed by atoms with van der Waals surface area (Å²) in [6.07, 6.45) is 5.73. The van der Waals surface area contributed by atoms with Gasteiger partial charge in [-0.1, -0.05) is 0 Å². The van der Waals surface area contributed by atoms with E-state index in [0.29, 0.717) is 18.5 Å². The van der Waals surface area contributed by atoms with Crippen molar-refractivity contribution in [3.8, 4) is 0 Å². The lowest BCUT2D eigenvalue weighted by Gasteiger charge is -2.17. The van der Waals surface area contributed by atoms with Crippen LogP contribution in [-0.2, 0) is 11.2 Å². The second-order valence-corrected chi connectivity index (χ2v) is 4.32. The van der Waals surface area contributed by atoms with Crippen LogP contribution in [0.4, 0.5) is 16.2 Å². The maximum absolute atomic E-state index is 11.8. The van der Waals surface area contributed by atoms with E-state index in [1.165, 1.54) is 10.9 Å². The molecule has 2 aromatic rings. The molecule has 1 aromatic heterocycles. The monoisotopic (exact) mass is 256 g/mol. The fourth-order valence-corrected chi connectivity index (χ4v) is 2.03. The Morgan fingerprint density at radius 2 is 2.26 bits per heavy atom. The number of fused-ring (bicyclic) bond motifs is 1. The van der Waals surface area contributed by atoms with Crippen molar-refractivity contribution in [3.63, 3.8) is 0 Å². The molecule has 6 nitrogen and oxygen atoms in total. The summed E-state index contributed by atoms with van der Waals surface area (Å²) < 4.78 is 1.36. The third-order valence-corrected chi connectivity index (χ3v) is 2.99. The normalized spacial score (nSPS) is 13.6. The first kappa shape index (κ1) is 11.5. The molecule has 3 rings (SSSR count). The lowest BCUT2D eigenvalue weighted by molar-refractivity contribution is -0.116. The van der Waals surface area contributed by atoms with E-state index in [9.17, 15) is 9.59 Å². The summed E-state index contributed by atoms with van der Waals surface area (Å²) in [5, 5.41) is 5.58. The van der Waals surface area contributed by atoms with Gasteiger partial charge < -0.3 is 10.6 Å². The van der Waals surface area contributed by atoms with Gasteiger partial charge in [0, 0.05) is 30.2 Å². The minimum Gasteiger partial charge on any atom is -0.326 e.